The van der Waals surface area contributed by atoms with Crippen molar-refractivity contribution < 1.29 is 17.2 Å². The van der Waals surface area contributed by atoms with Gasteiger partial charge in [-0.05, 0) is 45.0 Å². The molecule has 0 saturated carbocycles. The highest BCUT2D eigenvalue weighted by molar-refractivity contribution is 7.91. The number of para-hydroxylation sites is 1. The number of sulfone groups is 1. The highest BCUT2D eigenvalue weighted by atomic mass is 32.2. The van der Waals surface area contributed by atoms with E-state index in [1.54, 1.807) is 58.3 Å². The molecule has 0 radical (unpaired) electrons. The first-order chi connectivity index (χ1) is 16.6. The predicted octanol–water partition coefficient (Wildman–Crippen LogP) is 4.12. The Bertz CT molecular complexity index is 1450. The van der Waals surface area contributed by atoms with Crippen LogP contribution >= 0.6 is 0 Å². The minimum atomic E-state index is -3.86. The fourth-order valence-electron chi connectivity index (χ4n) is 3.68. The first-order valence-electron chi connectivity index (χ1n) is 10.9. The SMILES string of the molecule is Cc1cnc([C@@H](C)[C@H](C)S(=O)(=O)Cc2nnc(-c3cccc(C)n3)n2-c2c(F)cccc2F)cn1. The Kier molecular flexibility index (Phi) is 6.70. The van der Waals surface area contributed by atoms with Crippen molar-refractivity contribution in [3.05, 3.63) is 83.3 Å². The maximum atomic E-state index is 14.8. The molecule has 8 nitrogen and oxygen atoms in total. The third-order valence-corrected chi connectivity index (χ3v) is 8.08. The molecule has 0 aliphatic rings. The van der Waals surface area contributed by atoms with Gasteiger partial charge in [-0.3, -0.25) is 14.5 Å². The van der Waals surface area contributed by atoms with E-state index < -0.39 is 44.1 Å². The third kappa shape index (κ3) is 4.95. The zero-order valence-corrected chi connectivity index (χ0v) is 20.5. The zero-order chi connectivity index (χ0) is 25.3. The van der Waals surface area contributed by atoms with Gasteiger partial charge in [0.2, 0.25) is 0 Å². The Morgan fingerprint density at radius 2 is 1.60 bits per heavy atom. The summed E-state index contributed by atoms with van der Waals surface area (Å²) in [5.41, 5.74) is 1.74. The zero-order valence-electron chi connectivity index (χ0n) is 19.6. The van der Waals surface area contributed by atoms with E-state index in [4.69, 9.17) is 0 Å². The molecule has 11 heteroatoms. The number of hydrogen-bond donors (Lipinski definition) is 0. The van der Waals surface area contributed by atoms with Crippen LogP contribution in [-0.4, -0.2) is 43.4 Å². The molecule has 3 aromatic heterocycles. The first-order valence-corrected chi connectivity index (χ1v) is 12.6. The number of aromatic nitrogens is 6. The Hall–Kier alpha value is -3.60. The van der Waals surface area contributed by atoms with Gasteiger partial charge in [0.25, 0.3) is 0 Å². The summed E-state index contributed by atoms with van der Waals surface area (Å²) in [6, 6.07) is 8.50. The monoisotopic (exact) mass is 498 g/mol. The standard InChI is InChI=1S/C24H24F2N6O2S/c1-14-7-5-10-20(29-14)24-31-30-22(32(24)23-18(25)8-6-9-19(23)26)13-35(33,34)17(4)16(3)21-12-27-15(2)11-28-21/h5-12,16-17H,13H2,1-4H3/t16-,17-/m0/s1. The maximum Gasteiger partial charge on any atom is 0.187 e. The van der Waals surface area contributed by atoms with Crippen LogP contribution in [-0.2, 0) is 15.6 Å². The van der Waals surface area contributed by atoms with Crippen LogP contribution in [0.15, 0.2) is 48.8 Å². The molecule has 0 aliphatic carbocycles. The predicted molar refractivity (Wildman–Crippen MR) is 127 cm³/mol. The van der Waals surface area contributed by atoms with Gasteiger partial charge >= 0.3 is 0 Å². The molecule has 0 bridgehead atoms. The second-order valence-electron chi connectivity index (χ2n) is 8.39. The summed E-state index contributed by atoms with van der Waals surface area (Å²) in [5, 5.41) is 7.22. The van der Waals surface area contributed by atoms with Crippen molar-refractivity contribution in [2.24, 2.45) is 0 Å². The maximum absolute atomic E-state index is 14.8. The lowest BCUT2D eigenvalue weighted by Gasteiger charge is -2.20. The fraction of sp³-hybridized carbons (Fsp3) is 0.292. The lowest BCUT2D eigenvalue weighted by Crippen LogP contribution is -2.27. The number of benzene rings is 1. The molecule has 0 amide bonds. The van der Waals surface area contributed by atoms with Crippen molar-refractivity contribution in [3.8, 4) is 17.2 Å². The highest BCUT2D eigenvalue weighted by Gasteiger charge is 2.32. The average molecular weight is 499 g/mol. The summed E-state index contributed by atoms with van der Waals surface area (Å²) >= 11 is 0. The van der Waals surface area contributed by atoms with E-state index in [1.165, 1.54) is 6.07 Å². The number of hydrogen-bond acceptors (Lipinski definition) is 7. The minimum Gasteiger partial charge on any atom is -0.271 e. The quantitative estimate of drug-likeness (QED) is 0.378. The lowest BCUT2D eigenvalue weighted by molar-refractivity contribution is 0.557. The summed E-state index contributed by atoms with van der Waals surface area (Å²) < 4.78 is 57.6. The largest absolute Gasteiger partial charge is 0.271 e. The summed E-state index contributed by atoms with van der Waals surface area (Å²) in [4.78, 5) is 12.9. The molecule has 182 valence electrons. The van der Waals surface area contributed by atoms with Gasteiger partial charge in [0.05, 0.1) is 16.6 Å². The van der Waals surface area contributed by atoms with E-state index in [9.17, 15) is 17.2 Å². The van der Waals surface area contributed by atoms with Crippen molar-refractivity contribution in [1.29, 1.82) is 0 Å². The molecule has 0 N–H and O–H groups in total. The molecule has 4 aromatic rings. The highest BCUT2D eigenvalue weighted by Crippen LogP contribution is 2.29. The fourth-order valence-corrected chi connectivity index (χ4v) is 5.25. The number of halogens is 2. The van der Waals surface area contributed by atoms with E-state index in [2.05, 4.69) is 25.1 Å². The van der Waals surface area contributed by atoms with E-state index in [0.717, 1.165) is 16.7 Å². The Balaban J connectivity index is 1.79. The van der Waals surface area contributed by atoms with Crippen molar-refractivity contribution in [2.45, 2.75) is 44.6 Å². The minimum absolute atomic E-state index is 0.0352. The second-order valence-corrected chi connectivity index (χ2v) is 10.8. The summed E-state index contributed by atoms with van der Waals surface area (Å²) in [7, 11) is -3.86. The normalized spacial score (nSPS) is 13.5. The van der Waals surface area contributed by atoms with Crippen LogP contribution in [0.5, 0.6) is 0 Å². The Morgan fingerprint density at radius 3 is 2.23 bits per heavy atom. The number of aryl methyl sites for hydroxylation is 2. The smallest absolute Gasteiger partial charge is 0.187 e. The van der Waals surface area contributed by atoms with Gasteiger partial charge < -0.3 is 0 Å². The number of nitrogens with zero attached hydrogens (tertiary/aromatic N) is 6. The molecular weight excluding hydrogens is 474 g/mol. The molecule has 3 heterocycles. The molecule has 1 aromatic carbocycles. The molecule has 35 heavy (non-hydrogen) atoms. The first kappa shape index (κ1) is 24.5. The van der Waals surface area contributed by atoms with Crippen LogP contribution in [0.2, 0.25) is 0 Å². The van der Waals surface area contributed by atoms with Crippen molar-refractivity contribution in [2.75, 3.05) is 0 Å². The molecule has 2 atom stereocenters. The Morgan fingerprint density at radius 1 is 0.914 bits per heavy atom. The third-order valence-electron chi connectivity index (χ3n) is 5.88. The molecule has 0 fully saturated rings. The van der Waals surface area contributed by atoms with Crippen LogP contribution in [0.4, 0.5) is 8.78 Å². The van der Waals surface area contributed by atoms with Crippen LogP contribution in [0.3, 0.4) is 0 Å². The second kappa shape index (κ2) is 9.57. The van der Waals surface area contributed by atoms with Gasteiger partial charge in [-0.25, -0.2) is 22.2 Å². The van der Waals surface area contributed by atoms with Gasteiger partial charge in [-0.1, -0.05) is 19.1 Å². The number of pyridine rings is 1. The average Bonchev–Trinajstić information content (AvgIpc) is 3.21. The summed E-state index contributed by atoms with van der Waals surface area (Å²) in [6.45, 7) is 6.85. The molecule has 0 spiro atoms. The molecular formula is C24H24F2N6O2S. The van der Waals surface area contributed by atoms with E-state index in [0.29, 0.717) is 22.8 Å². The van der Waals surface area contributed by atoms with Gasteiger partial charge in [-0.15, -0.1) is 10.2 Å². The van der Waals surface area contributed by atoms with E-state index in [-0.39, 0.29) is 11.6 Å². The van der Waals surface area contributed by atoms with Gasteiger partial charge in [0.15, 0.2) is 21.5 Å². The van der Waals surface area contributed by atoms with Gasteiger partial charge in [0, 0.05) is 24.0 Å². The summed E-state index contributed by atoms with van der Waals surface area (Å²) in [6.07, 6.45) is 3.12. The van der Waals surface area contributed by atoms with Crippen LogP contribution in [0.25, 0.3) is 17.2 Å². The molecule has 0 saturated heterocycles. The molecule has 0 unspecified atom stereocenters. The van der Waals surface area contributed by atoms with E-state index in [1.807, 2.05) is 0 Å². The van der Waals surface area contributed by atoms with Crippen molar-refractivity contribution >= 4 is 9.84 Å². The summed E-state index contributed by atoms with van der Waals surface area (Å²) in [5.74, 6) is -2.92. The lowest BCUT2D eigenvalue weighted by atomic mass is 10.1. The topological polar surface area (TPSA) is 104 Å². The molecule has 0 aliphatic heterocycles. The van der Waals surface area contributed by atoms with Gasteiger partial charge in [0.1, 0.15) is 28.8 Å². The van der Waals surface area contributed by atoms with Crippen molar-refractivity contribution in [1.82, 2.24) is 29.7 Å². The van der Waals surface area contributed by atoms with Gasteiger partial charge in [-0.2, -0.15) is 0 Å². The van der Waals surface area contributed by atoms with Crippen LogP contribution in [0, 0.1) is 25.5 Å². The van der Waals surface area contributed by atoms with Crippen molar-refractivity contribution in [3.63, 3.8) is 0 Å². The van der Waals surface area contributed by atoms with Crippen LogP contribution in [0.1, 0.15) is 42.7 Å². The van der Waals surface area contributed by atoms with Crippen LogP contribution < -0.4 is 0 Å². The number of rotatable bonds is 7. The van der Waals surface area contributed by atoms with E-state index >= 15 is 0 Å². The molecule has 4 rings (SSSR count). The Labute approximate surface area is 202 Å².